The van der Waals surface area contributed by atoms with Crippen molar-refractivity contribution in [3.63, 3.8) is 0 Å². The van der Waals surface area contributed by atoms with Crippen LogP contribution in [-0.4, -0.2) is 18.2 Å². The van der Waals surface area contributed by atoms with E-state index in [-0.39, 0.29) is 11.3 Å². The quantitative estimate of drug-likeness (QED) is 0.472. The summed E-state index contributed by atoms with van der Waals surface area (Å²) >= 11 is 0. The lowest BCUT2D eigenvalue weighted by Gasteiger charge is -2.09. The van der Waals surface area contributed by atoms with Crippen LogP contribution in [-0.2, 0) is 0 Å². The van der Waals surface area contributed by atoms with E-state index in [0.29, 0.717) is 5.75 Å². The number of rotatable bonds is 3. The van der Waals surface area contributed by atoms with Crippen molar-refractivity contribution >= 4 is 11.7 Å². The summed E-state index contributed by atoms with van der Waals surface area (Å²) in [5.41, 5.74) is 2.65. The Balaban J connectivity index is 3.27. The van der Waals surface area contributed by atoms with Crippen LogP contribution < -0.4 is 16.0 Å². The Morgan fingerprint density at radius 2 is 2.31 bits per heavy atom. The molecule has 13 heavy (non-hydrogen) atoms. The van der Waals surface area contributed by atoms with E-state index in [0.717, 1.165) is 0 Å². The Kier molecular flexibility index (Phi) is 2.71. The second-order valence-electron chi connectivity index (χ2n) is 2.33. The maximum absolute atomic E-state index is 10.7. The van der Waals surface area contributed by atoms with E-state index < -0.39 is 5.97 Å². The van der Waals surface area contributed by atoms with Gasteiger partial charge in [-0.2, -0.15) is 0 Å². The number of carboxylic acid groups (broad SMARTS) is 1. The zero-order valence-corrected chi connectivity index (χ0v) is 7.07. The molecule has 0 aliphatic carbocycles. The summed E-state index contributed by atoms with van der Waals surface area (Å²) in [6.07, 6.45) is 0. The standard InChI is InChI=1S/C8H10N2O3/c1-13-6-4-2-3-5(8(11)12)7(6)10-9/h2-4,10H,9H2,1H3,(H,11,12). The number of nitrogen functional groups attached to an aromatic ring is 1. The van der Waals surface area contributed by atoms with Crippen molar-refractivity contribution in [2.75, 3.05) is 12.5 Å². The molecule has 1 aromatic carbocycles. The molecule has 0 aliphatic heterocycles. The summed E-state index contributed by atoms with van der Waals surface area (Å²) in [7, 11) is 1.45. The molecule has 0 heterocycles. The van der Waals surface area contributed by atoms with Gasteiger partial charge in [-0.05, 0) is 12.1 Å². The van der Waals surface area contributed by atoms with Crippen LogP contribution in [0.15, 0.2) is 18.2 Å². The highest BCUT2D eigenvalue weighted by Crippen LogP contribution is 2.26. The largest absolute Gasteiger partial charge is 0.495 e. The third-order valence-electron chi connectivity index (χ3n) is 1.62. The number of aromatic carboxylic acids is 1. The van der Waals surface area contributed by atoms with Crippen LogP contribution in [0, 0.1) is 0 Å². The van der Waals surface area contributed by atoms with E-state index >= 15 is 0 Å². The highest BCUT2D eigenvalue weighted by Gasteiger charge is 2.12. The molecule has 70 valence electrons. The van der Waals surface area contributed by atoms with Crippen LogP contribution >= 0.6 is 0 Å². The average Bonchev–Trinajstić information content (AvgIpc) is 2.16. The van der Waals surface area contributed by atoms with Crippen LogP contribution in [0.25, 0.3) is 0 Å². The third-order valence-corrected chi connectivity index (χ3v) is 1.62. The van der Waals surface area contributed by atoms with Crippen LogP contribution in [0.5, 0.6) is 5.75 Å². The maximum Gasteiger partial charge on any atom is 0.337 e. The van der Waals surface area contributed by atoms with Gasteiger partial charge in [0.25, 0.3) is 0 Å². The van der Waals surface area contributed by atoms with Gasteiger partial charge in [-0.3, -0.25) is 5.84 Å². The zero-order chi connectivity index (χ0) is 9.84. The summed E-state index contributed by atoms with van der Waals surface area (Å²) in [4.78, 5) is 10.7. The van der Waals surface area contributed by atoms with Gasteiger partial charge >= 0.3 is 5.97 Å². The lowest BCUT2D eigenvalue weighted by atomic mass is 10.1. The maximum atomic E-state index is 10.7. The molecule has 0 atom stereocenters. The highest BCUT2D eigenvalue weighted by molar-refractivity contribution is 5.95. The van der Waals surface area contributed by atoms with Crippen LogP contribution in [0.2, 0.25) is 0 Å². The number of methoxy groups -OCH3 is 1. The van der Waals surface area contributed by atoms with Crippen molar-refractivity contribution in [3.05, 3.63) is 23.8 Å². The van der Waals surface area contributed by atoms with Gasteiger partial charge in [0.2, 0.25) is 0 Å². The van der Waals surface area contributed by atoms with Gasteiger partial charge in [0.1, 0.15) is 11.4 Å². The van der Waals surface area contributed by atoms with Crippen molar-refractivity contribution in [1.29, 1.82) is 0 Å². The number of para-hydroxylation sites is 1. The summed E-state index contributed by atoms with van der Waals surface area (Å²) in [5.74, 6) is 4.53. The fourth-order valence-electron chi connectivity index (χ4n) is 1.03. The van der Waals surface area contributed by atoms with Crippen LogP contribution in [0.4, 0.5) is 5.69 Å². The van der Waals surface area contributed by atoms with Crippen molar-refractivity contribution in [2.45, 2.75) is 0 Å². The molecule has 0 saturated heterocycles. The Hall–Kier alpha value is -1.75. The number of benzene rings is 1. The first kappa shape index (κ1) is 9.34. The van der Waals surface area contributed by atoms with Crippen LogP contribution in [0.3, 0.4) is 0 Å². The molecular formula is C8H10N2O3. The topological polar surface area (TPSA) is 84.6 Å². The fourth-order valence-corrected chi connectivity index (χ4v) is 1.03. The first-order valence-electron chi connectivity index (χ1n) is 3.57. The molecule has 1 rings (SSSR count). The van der Waals surface area contributed by atoms with Crippen LogP contribution in [0.1, 0.15) is 10.4 Å². The van der Waals surface area contributed by atoms with Crippen molar-refractivity contribution in [2.24, 2.45) is 5.84 Å². The highest BCUT2D eigenvalue weighted by atomic mass is 16.5. The van der Waals surface area contributed by atoms with Gasteiger partial charge in [-0.1, -0.05) is 6.07 Å². The predicted molar refractivity (Wildman–Crippen MR) is 47.8 cm³/mol. The van der Waals surface area contributed by atoms with E-state index in [2.05, 4.69) is 5.43 Å². The molecule has 0 saturated carbocycles. The zero-order valence-electron chi connectivity index (χ0n) is 7.07. The van der Waals surface area contributed by atoms with Gasteiger partial charge in [0, 0.05) is 0 Å². The molecular weight excluding hydrogens is 172 g/mol. The minimum Gasteiger partial charge on any atom is -0.495 e. The summed E-state index contributed by atoms with van der Waals surface area (Å²) < 4.78 is 4.92. The van der Waals surface area contributed by atoms with Crippen molar-refractivity contribution < 1.29 is 14.6 Å². The first-order chi connectivity index (χ1) is 6.20. The number of nitrogens with one attached hydrogen (secondary N) is 1. The molecule has 0 aliphatic rings. The second kappa shape index (κ2) is 3.77. The Labute approximate surface area is 75.1 Å². The lowest BCUT2D eigenvalue weighted by molar-refractivity contribution is 0.0697. The Morgan fingerprint density at radius 3 is 2.77 bits per heavy atom. The number of anilines is 1. The van der Waals surface area contributed by atoms with E-state index in [1.807, 2.05) is 0 Å². The number of hydrazine groups is 1. The van der Waals surface area contributed by atoms with Crippen molar-refractivity contribution in [3.8, 4) is 5.75 Å². The van der Waals surface area contributed by atoms with E-state index in [1.165, 1.54) is 13.2 Å². The Bertz CT molecular complexity index is 325. The molecule has 0 amide bonds. The number of carbonyl (C=O) groups is 1. The molecule has 5 nitrogen and oxygen atoms in total. The van der Waals surface area contributed by atoms with Gasteiger partial charge in [-0.25, -0.2) is 4.79 Å². The number of hydrogen-bond donors (Lipinski definition) is 3. The molecule has 1 aromatic rings. The van der Waals surface area contributed by atoms with Crippen molar-refractivity contribution in [1.82, 2.24) is 0 Å². The number of nitrogens with two attached hydrogens (primary N) is 1. The SMILES string of the molecule is COc1cccc(C(=O)O)c1NN. The minimum absolute atomic E-state index is 0.0850. The first-order valence-corrected chi connectivity index (χ1v) is 3.57. The second-order valence-corrected chi connectivity index (χ2v) is 2.33. The number of ether oxygens (including phenoxy) is 1. The number of hydrogen-bond acceptors (Lipinski definition) is 4. The monoisotopic (exact) mass is 182 g/mol. The molecule has 0 radical (unpaired) electrons. The van der Waals surface area contributed by atoms with E-state index in [1.54, 1.807) is 12.1 Å². The molecule has 5 heteroatoms. The van der Waals surface area contributed by atoms with Gasteiger partial charge < -0.3 is 15.3 Å². The summed E-state index contributed by atoms with van der Waals surface area (Å²) in [6.45, 7) is 0. The summed E-state index contributed by atoms with van der Waals surface area (Å²) in [5, 5.41) is 8.77. The predicted octanol–water partition coefficient (Wildman–Crippen LogP) is 0.679. The van der Waals surface area contributed by atoms with E-state index in [9.17, 15) is 4.79 Å². The van der Waals surface area contributed by atoms with Gasteiger partial charge in [0.15, 0.2) is 0 Å². The molecule has 4 N–H and O–H groups in total. The lowest BCUT2D eigenvalue weighted by Crippen LogP contribution is -2.13. The molecule has 0 spiro atoms. The molecule has 0 fully saturated rings. The van der Waals surface area contributed by atoms with Gasteiger partial charge in [0.05, 0.1) is 12.7 Å². The number of carboxylic acids is 1. The molecule has 0 aromatic heterocycles. The minimum atomic E-state index is -1.05. The average molecular weight is 182 g/mol. The summed E-state index contributed by atoms with van der Waals surface area (Å²) in [6, 6.07) is 4.66. The van der Waals surface area contributed by atoms with E-state index in [4.69, 9.17) is 15.7 Å². The Morgan fingerprint density at radius 1 is 1.62 bits per heavy atom. The smallest absolute Gasteiger partial charge is 0.337 e. The third kappa shape index (κ3) is 1.70. The molecule has 0 bridgehead atoms. The molecule has 0 unspecified atom stereocenters. The van der Waals surface area contributed by atoms with Gasteiger partial charge in [-0.15, -0.1) is 0 Å². The fraction of sp³-hybridized carbons (Fsp3) is 0.125. The normalized spacial score (nSPS) is 9.38.